The fraction of sp³-hybridized carbons (Fsp3) is 0.750. The molecule has 2 saturated heterocycles. The van der Waals surface area contributed by atoms with E-state index in [4.69, 9.17) is 19.9 Å². The summed E-state index contributed by atoms with van der Waals surface area (Å²) in [4.78, 5) is 27.8. The number of rotatable bonds is 12. The van der Waals surface area contributed by atoms with Crippen molar-refractivity contribution in [1.29, 1.82) is 0 Å². The molecule has 2 aromatic rings. The number of hydrogen-bond donors (Lipinski definition) is 4. The van der Waals surface area contributed by atoms with Gasteiger partial charge in [-0.25, -0.2) is 9.97 Å². The maximum atomic E-state index is 9.77. The first-order valence-corrected chi connectivity index (χ1v) is 13.2. The Kier molecular flexibility index (Phi) is 9.67. The number of fused-ring (bicyclic) bond motifs is 1. The van der Waals surface area contributed by atoms with Crippen LogP contribution in [0.2, 0.25) is 0 Å². The molecule has 12 nitrogen and oxygen atoms in total. The van der Waals surface area contributed by atoms with E-state index in [2.05, 4.69) is 9.80 Å². The van der Waals surface area contributed by atoms with Crippen LogP contribution in [0, 0.1) is 0 Å². The van der Waals surface area contributed by atoms with Gasteiger partial charge >= 0.3 is 0 Å². The van der Waals surface area contributed by atoms with Gasteiger partial charge in [-0.1, -0.05) is 0 Å². The number of hydrogen-bond acceptors (Lipinski definition) is 12. The summed E-state index contributed by atoms with van der Waals surface area (Å²) in [5.74, 6) is 2.30. The molecule has 0 saturated carbocycles. The van der Waals surface area contributed by atoms with E-state index in [1.807, 2.05) is 4.90 Å². The number of aromatic nitrogens is 4. The van der Waals surface area contributed by atoms with Crippen molar-refractivity contribution in [3.8, 4) is 0 Å². The Morgan fingerprint density at radius 1 is 0.556 bits per heavy atom. The third kappa shape index (κ3) is 6.05. The van der Waals surface area contributed by atoms with Gasteiger partial charge in [0.25, 0.3) is 0 Å². The van der Waals surface area contributed by atoms with Crippen molar-refractivity contribution in [3.63, 3.8) is 0 Å². The zero-order valence-corrected chi connectivity index (χ0v) is 21.1. The van der Waals surface area contributed by atoms with Crippen LogP contribution in [0.25, 0.3) is 11.0 Å². The van der Waals surface area contributed by atoms with Gasteiger partial charge in [0.05, 0.1) is 26.4 Å². The Hall–Kier alpha value is -2.54. The Bertz CT molecular complexity index is 957. The SMILES string of the molecule is OCCN(CCO)c1nc(N(CCO)CCO)c2nc(N3CCCCC3)nc(N3CCCCC3)c2n1. The number of aliphatic hydroxyl groups is 4. The van der Waals surface area contributed by atoms with Crippen molar-refractivity contribution in [2.45, 2.75) is 38.5 Å². The van der Waals surface area contributed by atoms with Gasteiger partial charge in [-0.2, -0.15) is 9.97 Å². The van der Waals surface area contributed by atoms with Gasteiger partial charge < -0.3 is 40.0 Å². The second kappa shape index (κ2) is 13.1. The first-order valence-electron chi connectivity index (χ1n) is 13.2. The molecule has 200 valence electrons. The highest BCUT2D eigenvalue weighted by Crippen LogP contribution is 2.34. The normalized spacial score (nSPS) is 16.6. The summed E-state index contributed by atoms with van der Waals surface area (Å²) in [6.07, 6.45) is 6.75. The highest BCUT2D eigenvalue weighted by atomic mass is 16.3. The molecule has 4 heterocycles. The Morgan fingerprint density at radius 2 is 1.08 bits per heavy atom. The molecule has 0 radical (unpaired) electrons. The summed E-state index contributed by atoms with van der Waals surface area (Å²) in [5, 5.41) is 38.8. The summed E-state index contributed by atoms with van der Waals surface area (Å²) < 4.78 is 0. The molecule has 0 bridgehead atoms. The molecule has 0 aliphatic carbocycles. The molecule has 0 aromatic carbocycles. The van der Waals surface area contributed by atoms with Crippen LogP contribution in [0.4, 0.5) is 23.5 Å². The average molecular weight is 505 g/mol. The topological polar surface area (TPSA) is 145 Å². The Morgan fingerprint density at radius 3 is 1.64 bits per heavy atom. The van der Waals surface area contributed by atoms with E-state index >= 15 is 0 Å². The number of aliphatic hydroxyl groups excluding tert-OH is 4. The molecule has 4 rings (SSSR count). The van der Waals surface area contributed by atoms with Crippen molar-refractivity contribution in [2.75, 3.05) is 98.4 Å². The number of piperidine rings is 2. The lowest BCUT2D eigenvalue weighted by atomic mass is 10.1. The quantitative estimate of drug-likeness (QED) is 0.308. The van der Waals surface area contributed by atoms with Crippen molar-refractivity contribution in [1.82, 2.24) is 19.9 Å². The Labute approximate surface area is 212 Å². The molecule has 12 heteroatoms. The van der Waals surface area contributed by atoms with Crippen LogP contribution < -0.4 is 19.6 Å². The van der Waals surface area contributed by atoms with Gasteiger partial charge in [-0.15, -0.1) is 0 Å². The fourth-order valence-corrected chi connectivity index (χ4v) is 5.00. The lowest BCUT2D eigenvalue weighted by molar-refractivity contribution is 0.280. The predicted octanol–water partition coefficient (Wildman–Crippen LogP) is -0.0176. The van der Waals surface area contributed by atoms with Crippen LogP contribution >= 0.6 is 0 Å². The van der Waals surface area contributed by atoms with Gasteiger partial charge in [0, 0.05) is 52.4 Å². The molecular formula is C24H40N8O4. The van der Waals surface area contributed by atoms with E-state index in [0.717, 1.165) is 57.7 Å². The highest BCUT2D eigenvalue weighted by molar-refractivity contribution is 5.95. The number of anilines is 4. The molecule has 2 aliphatic heterocycles. The summed E-state index contributed by atoms with van der Waals surface area (Å²) in [6.45, 7) is 4.18. The molecule has 0 spiro atoms. The van der Waals surface area contributed by atoms with Crippen LogP contribution in [-0.2, 0) is 0 Å². The molecule has 2 fully saturated rings. The summed E-state index contributed by atoms with van der Waals surface area (Å²) in [6, 6.07) is 0. The molecule has 2 aliphatic rings. The third-order valence-corrected chi connectivity index (χ3v) is 6.84. The third-order valence-electron chi connectivity index (χ3n) is 6.84. The lowest BCUT2D eigenvalue weighted by Crippen LogP contribution is -2.36. The minimum absolute atomic E-state index is 0.110. The van der Waals surface area contributed by atoms with E-state index in [1.54, 1.807) is 4.90 Å². The van der Waals surface area contributed by atoms with E-state index < -0.39 is 0 Å². The monoisotopic (exact) mass is 504 g/mol. The van der Waals surface area contributed by atoms with Gasteiger partial charge in [0.1, 0.15) is 11.0 Å². The standard InChI is InChI=1S/C24H40N8O4/c33-15-11-30(12-16-34)22-20-19(26-24(28-22)32(13-17-35)14-18-36)21(29-7-3-1-4-8-29)27-23(25-20)31-9-5-2-6-10-31/h33-36H,1-18H2. The maximum absolute atomic E-state index is 9.77. The molecule has 4 N–H and O–H groups in total. The van der Waals surface area contributed by atoms with E-state index in [1.165, 1.54) is 12.8 Å². The van der Waals surface area contributed by atoms with E-state index in [-0.39, 0.29) is 52.6 Å². The summed E-state index contributed by atoms with van der Waals surface area (Å²) in [5.41, 5.74) is 1.20. The smallest absolute Gasteiger partial charge is 0.228 e. The molecule has 0 atom stereocenters. The van der Waals surface area contributed by atoms with Gasteiger partial charge in [0.15, 0.2) is 11.6 Å². The minimum Gasteiger partial charge on any atom is -0.395 e. The van der Waals surface area contributed by atoms with E-state index in [9.17, 15) is 20.4 Å². The highest BCUT2D eigenvalue weighted by Gasteiger charge is 2.27. The fourth-order valence-electron chi connectivity index (χ4n) is 5.00. The second-order valence-electron chi connectivity index (χ2n) is 9.36. The minimum atomic E-state index is -0.114. The Balaban J connectivity index is 1.94. The first-order chi connectivity index (χ1) is 17.7. The van der Waals surface area contributed by atoms with Gasteiger partial charge in [-0.3, -0.25) is 0 Å². The van der Waals surface area contributed by atoms with Crippen LogP contribution in [0.3, 0.4) is 0 Å². The molecule has 0 unspecified atom stereocenters. The zero-order valence-electron chi connectivity index (χ0n) is 21.1. The van der Waals surface area contributed by atoms with Crippen LogP contribution in [0.15, 0.2) is 0 Å². The van der Waals surface area contributed by atoms with Crippen LogP contribution in [0.5, 0.6) is 0 Å². The van der Waals surface area contributed by atoms with Crippen molar-refractivity contribution >= 4 is 34.6 Å². The number of nitrogens with zero attached hydrogens (tertiary/aromatic N) is 8. The molecular weight excluding hydrogens is 464 g/mol. The lowest BCUT2D eigenvalue weighted by Gasteiger charge is -2.32. The van der Waals surface area contributed by atoms with Crippen LogP contribution in [0.1, 0.15) is 38.5 Å². The average Bonchev–Trinajstić information content (AvgIpc) is 2.92. The van der Waals surface area contributed by atoms with Gasteiger partial charge in [-0.05, 0) is 38.5 Å². The van der Waals surface area contributed by atoms with Gasteiger partial charge in [0.2, 0.25) is 11.9 Å². The van der Waals surface area contributed by atoms with Crippen molar-refractivity contribution in [2.24, 2.45) is 0 Å². The van der Waals surface area contributed by atoms with E-state index in [0.29, 0.717) is 28.7 Å². The van der Waals surface area contributed by atoms with Crippen molar-refractivity contribution in [3.05, 3.63) is 0 Å². The van der Waals surface area contributed by atoms with Crippen molar-refractivity contribution < 1.29 is 20.4 Å². The molecule has 36 heavy (non-hydrogen) atoms. The largest absolute Gasteiger partial charge is 0.395 e. The zero-order chi connectivity index (χ0) is 25.3. The first kappa shape index (κ1) is 26.5. The molecule has 2 aromatic heterocycles. The summed E-state index contributed by atoms with van der Waals surface area (Å²) >= 11 is 0. The molecule has 0 amide bonds. The maximum Gasteiger partial charge on any atom is 0.228 e. The predicted molar refractivity (Wildman–Crippen MR) is 140 cm³/mol. The summed E-state index contributed by atoms with van der Waals surface area (Å²) in [7, 11) is 0. The second-order valence-corrected chi connectivity index (χ2v) is 9.36. The van der Waals surface area contributed by atoms with Crippen LogP contribution in [-0.4, -0.2) is 119 Å².